The van der Waals surface area contributed by atoms with E-state index in [0.717, 1.165) is 5.69 Å². The number of alkyl halides is 1. The van der Waals surface area contributed by atoms with E-state index >= 15 is 0 Å². The Morgan fingerprint density at radius 3 is 2.75 bits per heavy atom. The number of H-pyrrole nitrogens is 1. The molecule has 0 aliphatic heterocycles. The molecule has 0 aliphatic rings. The number of benzene rings is 1. The van der Waals surface area contributed by atoms with Crippen molar-refractivity contribution in [3.05, 3.63) is 35.5 Å². The second-order valence-electron chi connectivity index (χ2n) is 2.91. The van der Waals surface area contributed by atoms with Crippen LogP contribution in [0.2, 0.25) is 0 Å². The van der Waals surface area contributed by atoms with Crippen molar-refractivity contribution in [2.45, 2.75) is 12.8 Å². The van der Waals surface area contributed by atoms with Gasteiger partial charge < -0.3 is 4.98 Å². The number of nitrogens with one attached hydrogen (secondary N) is 1. The Morgan fingerprint density at radius 2 is 2.08 bits per heavy atom. The van der Waals surface area contributed by atoms with Crippen molar-refractivity contribution < 1.29 is 0 Å². The average Bonchev–Trinajstić information content (AvgIpc) is 2.44. The first kappa shape index (κ1) is 7.69. The van der Waals surface area contributed by atoms with Crippen LogP contribution in [-0.2, 0) is 5.88 Å². The third-order valence-electron chi connectivity index (χ3n) is 2.20. The lowest BCUT2D eigenvalue weighted by atomic mass is 10.2. The van der Waals surface area contributed by atoms with E-state index < -0.39 is 0 Å². The topological polar surface area (TPSA) is 15.8 Å². The van der Waals surface area contributed by atoms with Gasteiger partial charge in [0.2, 0.25) is 0 Å². The smallest absolute Gasteiger partial charge is 0.0628 e. The van der Waals surface area contributed by atoms with Crippen LogP contribution in [0.15, 0.2) is 24.3 Å². The molecule has 2 heteroatoms. The number of rotatable bonds is 1. The van der Waals surface area contributed by atoms with Crippen molar-refractivity contribution in [2.24, 2.45) is 0 Å². The van der Waals surface area contributed by atoms with E-state index in [1.807, 2.05) is 12.1 Å². The molecule has 1 heterocycles. The van der Waals surface area contributed by atoms with Crippen LogP contribution in [0.5, 0.6) is 0 Å². The van der Waals surface area contributed by atoms with E-state index in [-0.39, 0.29) is 0 Å². The number of hydrogen-bond donors (Lipinski definition) is 1. The second kappa shape index (κ2) is 2.83. The van der Waals surface area contributed by atoms with E-state index in [1.165, 1.54) is 16.5 Å². The summed E-state index contributed by atoms with van der Waals surface area (Å²) in [6, 6.07) is 8.24. The van der Waals surface area contributed by atoms with Gasteiger partial charge in [-0.2, -0.15) is 0 Å². The first-order valence-corrected chi connectivity index (χ1v) is 4.48. The van der Waals surface area contributed by atoms with Crippen molar-refractivity contribution in [1.82, 2.24) is 4.98 Å². The largest absolute Gasteiger partial charge is 0.357 e. The fraction of sp³-hybridized carbons (Fsp3) is 0.200. The lowest BCUT2D eigenvalue weighted by Gasteiger charge is -1.90. The summed E-state index contributed by atoms with van der Waals surface area (Å²) < 4.78 is 0. The molecule has 1 N–H and O–H groups in total. The SMILES string of the molecule is Cc1c(CCl)[nH]c2ccccc12. The van der Waals surface area contributed by atoms with Crippen LogP contribution in [0.3, 0.4) is 0 Å². The predicted molar refractivity (Wildman–Crippen MR) is 52.6 cm³/mol. The van der Waals surface area contributed by atoms with Gasteiger partial charge >= 0.3 is 0 Å². The number of fused-ring (bicyclic) bond motifs is 1. The van der Waals surface area contributed by atoms with Crippen LogP contribution in [0, 0.1) is 6.92 Å². The van der Waals surface area contributed by atoms with E-state index in [2.05, 4.69) is 24.0 Å². The zero-order valence-corrected chi connectivity index (χ0v) is 7.65. The van der Waals surface area contributed by atoms with Gasteiger partial charge in [-0.1, -0.05) is 18.2 Å². The first-order chi connectivity index (χ1) is 5.83. The number of halogens is 1. The molecular formula is C10H10ClN. The minimum atomic E-state index is 0.556. The Hall–Kier alpha value is -0.950. The molecule has 0 unspecified atom stereocenters. The number of aromatic amines is 1. The van der Waals surface area contributed by atoms with Gasteiger partial charge in [-0.25, -0.2) is 0 Å². The summed E-state index contributed by atoms with van der Waals surface area (Å²) in [4.78, 5) is 3.28. The van der Waals surface area contributed by atoms with Crippen molar-refractivity contribution in [2.75, 3.05) is 0 Å². The summed E-state index contributed by atoms with van der Waals surface area (Å²) in [5.74, 6) is 0.556. The van der Waals surface area contributed by atoms with Gasteiger partial charge in [0.05, 0.1) is 5.88 Å². The lowest BCUT2D eigenvalue weighted by Crippen LogP contribution is -1.78. The highest BCUT2D eigenvalue weighted by Crippen LogP contribution is 2.21. The highest BCUT2D eigenvalue weighted by molar-refractivity contribution is 6.17. The van der Waals surface area contributed by atoms with Crippen molar-refractivity contribution in [3.8, 4) is 0 Å². The fourth-order valence-corrected chi connectivity index (χ4v) is 1.74. The molecular weight excluding hydrogens is 170 g/mol. The molecule has 0 saturated carbocycles. The van der Waals surface area contributed by atoms with Crippen molar-refractivity contribution >= 4 is 22.5 Å². The fourth-order valence-electron chi connectivity index (χ4n) is 1.47. The van der Waals surface area contributed by atoms with Gasteiger partial charge in [-0.15, -0.1) is 11.6 Å². The Bertz CT molecular complexity index is 403. The van der Waals surface area contributed by atoms with Gasteiger partial charge in [0.25, 0.3) is 0 Å². The molecule has 0 bridgehead atoms. The third-order valence-corrected chi connectivity index (χ3v) is 2.47. The van der Waals surface area contributed by atoms with Gasteiger partial charge in [0, 0.05) is 16.6 Å². The second-order valence-corrected chi connectivity index (χ2v) is 3.18. The van der Waals surface area contributed by atoms with E-state index in [9.17, 15) is 0 Å². The summed E-state index contributed by atoms with van der Waals surface area (Å²) in [5, 5.41) is 1.27. The van der Waals surface area contributed by atoms with Gasteiger partial charge in [0.15, 0.2) is 0 Å². The molecule has 1 nitrogen and oxygen atoms in total. The molecule has 2 rings (SSSR count). The predicted octanol–water partition coefficient (Wildman–Crippen LogP) is 3.22. The number of aromatic nitrogens is 1. The molecule has 12 heavy (non-hydrogen) atoms. The van der Waals surface area contributed by atoms with E-state index in [1.54, 1.807) is 0 Å². The highest BCUT2D eigenvalue weighted by atomic mass is 35.5. The van der Waals surface area contributed by atoms with Crippen LogP contribution in [0.1, 0.15) is 11.3 Å². The Morgan fingerprint density at radius 1 is 1.33 bits per heavy atom. The Labute approximate surface area is 76.4 Å². The normalized spacial score (nSPS) is 10.8. The first-order valence-electron chi connectivity index (χ1n) is 3.95. The molecule has 0 radical (unpaired) electrons. The highest BCUT2D eigenvalue weighted by Gasteiger charge is 2.04. The molecule has 0 fully saturated rings. The molecule has 0 saturated heterocycles. The molecule has 62 valence electrons. The summed E-state index contributed by atoms with van der Waals surface area (Å²) in [5.41, 5.74) is 3.56. The standard InChI is InChI=1S/C10H10ClN/c1-7-8-4-2-3-5-9(8)12-10(7)6-11/h2-5,12H,6H2,1H3. The van der Waals surface area contributed by atoms with Crippen LogP contribution in [-0.4, -0.2) is 4.98 Å². The minimum Gasteiger partial charge on any atom is -0.357 e. The minimum absolute atomic E-state index is 0.556. The molecule has 0 aliphatic carbocycles. The van der Waals surface area contributed by atoms with E-state index in [4.69, 9.17) is 11.6 Å². The van der Waals surface area contributed by atoms with Gasteiger partial charge in [-0.3, -0.25) is 0 Å². The Kier molecular flexibility index (Phi) is 1.81. The van der Waals surface area contributed by atoms with Crippen LogP contribution in [0.25, 0.3) is 10.9 Å². The third kappa shape index (κ3) is 1.01. The number of para-hydroxylation sites is 1. The van der Waals surface area contributed by atoms with Gasteiger partial charge in [-0.05, 0) is 18.6 Å². The maximum atomic E-state index is 5.77. The summed E-state index contributed by atoms with van der Waals surface area (Å²) >= 11 is 5.77. The van der Waals surface area contributed by atoms with Gasteiger partial charge in [0.1, 0.15) is 0 Å². The zero-order valence-electron chi connectivity index (χ0n) is 6.89. The molecule has 2 aromatic rings. The summed E-state index contributed by atoms with van der Waals surface area (Å²) in [6.07, 6.45) is 0. The average molecular weight is 180 g/mol. The van der Waals surface area contributed by atoms with Crippen molar-refractivity contribution in [3.63, 3.8) is 0 Å². The summed E-state index contributed by atoms with van der Waals surface area (Å²) in [7, 11) is 0. The number of aryl methyl sites for hydroxylation is 1. The quantitative estimate of drug-likeness (QED) is 0.647. The Balaban J connectivity index is 2.78. The maximum absolute atomic E-state index is 5.77. The van der Waals surface area contributed by atoms with Crippen LogP contribution in [0.4, 0.5) is 0 Å². The summed E-state index contributed by atoms with van der Waals surface area (Å²) in [6.45, 7) is 2.09. The number of hydrogen-bond acceptors (Lipinski definition) is 0. The van der Waals surface area contributed by atoms with Crippen LogP contribution < -0.4 is 0 Å². The molecule has 1 aromatic carbocycles. The van der Waals surface area contributed by atoms with Crippen molar-refractivity contribution in [1.29, 1.82) is 0 Å². The molecule has 0 amide bonds. The molecule has 0 atom stereocenters. The monoisotopic (exact) mass is 179 g/mol. The molecule has 1 aromatic heterocycles. The van der Waals surface area contributed by atoms with E-state index in [0.29, 0.717) is 5.88 Å². The molecule has 0 spiro atoms. The zero-order chi connectivity index (χ0) is 8.55. The maximum Gasteiger partial charge on any atom is 0.0628 e. The lowest BCUT2D eigenvalue weighted by molar-refractivity contribution is 1.21. The van der Waals surface area contributed by atoms with Crippen LogP contribution >= 0.6 is 11.6 Å².